The molecule has 0 saturated carbocycles. The van der Waals surface area contributed by atoms with Crippen molar-refractivity contribution in [2.45, 2.75) is 89.9 Å². The Morgan fingerprint density at radius 1 is 0.902 bits per heavy atom. The Labute approximate surface area is 298 Å². The number of benzene rings is 1. The first-order valence-corrected chi connectivity index (χ1v) is 17.5. The lowest BCUT2D eigenvalue weighted by atomic mass is 10.0. The molecule has 0 aromatic heterocycles. The summed E-state index contributed by atoms with van der Waals surface area (Å²) in [7, 11) is 2.05. The Hall–Kier alpha value is -4.99. The number of anilines is 1. The van der Waals surface area contributed by atoms with Gasteiger partial charge in [0, 0.05) is 43.4 Å². The molecule has 2 atom stereocenters. The minimum Gasteiger partial charge on any atom is -0.445 e. The molecule has 1 aromatic rings. The Bertz CT molecular complexity index is 1390. The molecule has 2 heterocycles. The standard InChI is InChI=1S/C35H52N8O8/c1-23(2)31(41-28(44)9-5-4-6-19-43-29(45)14-15-30(43)46)33(48)40-27(8-7-18-37-34(36)49)32(47)38-25-12-10-24(11-13-25)22-51-35(50)39-26-16-20-42(3)21-17-26/h10-15,23,26-27,31H,4-9,16-22H2,1-3H3,(H,38,47)(H,39,50)(H,40,48)(H,41,44)(H3,36,37,49)/t27-,31-/m0/s1. The summed E-state index contributed by atoms with van der Waals surface area (Å²) in [4.78, 5) is 89.6. The first kappa shape index (κ1) is 40.4. The number of rotatable bonds is 19. The molecule has 2 aliphatic rings. The SMILES string of the molecule is CC(C)[C@H](NC(=O)CCCCCN1C(=O)C=CC1=O)C(=O)N[C@@H](CCCNC(N)=O)C(=O)Nc1ccc(COC(=O)NC2CCN(C)CC2)cc1. The van der Waals surface area contributed by atoms with Crippen LogP contribution in [0.4, 0.5) is 15.3 Å². The van der Waals surface area contributed by atoms with E-state index < -0.39 is 36.0 Å². The summed E-state index contributed by atoms with van der Waals surface area (Å²) in [5, 5.41) is 13.7. The minimum absolute atomic E-state index is 0.0544. The number of carbonyl (C=O) groups excluding carboxylic acids is 7. The van der Waals surface area contributed by atoms with Crippen molar-refractivity contribution in [2.75, 3.05) is 38.5 Å². The zero-order chi connectivity index (χ0) is 37.3. The minimum atomic E-state index is -0.998. The second-order valence-electron chi connectivity index (χ2n) is 13.2. The number of carbonyl (C=O) groups is 7. The predicted molar refractivity (Wildman–Crippen MR) is 189 cm³/mol. The predicted octanol–water partition coefficient (Wildman–Crippen LogP) is 1.51. The highest BCUT2D eigenvalue weighted by Crippen LogP contribution is 2.14. The number of alkyl carbamates (subject to hydrolysis) is 1. The average molecular weight is 713 g/mol. The number of amides is 8. The normalized spacial score (nSPS) is 16.0. The molecule has 0 bridgehead atoms. The van der Waals surface area contributed by atoms with Gasteiger partial charge in [0.2, 0.25) is 17.7 Å². The second-order valence-corrected chi connectivity index (χ2v) is 13.2. The summed E-state index contributed by atoms with van der Waals surface area (Å²) >= 11 is 0. The van der Waals surface area contributed by atoms with E-state index in [9.17, 15) is 33.6 Å². The number of hydrogen-bond acceptors (Lipinski definition) is 9. The molecular formula is C35H52N8O8. The molecule has 8 amide bonds. The molecule has 1 saturated heterocycles. The van der Waals surface area contributed by atoms with Crippen LogP contribution in [0.3, 0.4) is 0 Å². The van der Waals surface area contributed by atoms with Crippen LogP contribution in [0.5, 0.6) is 0 Å². The Morgan fingerprint density at radius 3 is 2.20 bits per heavy atom. The average Bonchev–Trinajstić information content (AvgIpc) is 3.41. The number of likely N-dealkylation sites (tertiary alicyclic amines) is 1. The van der Waals surface area contributed by atoms with Gasteiger partial charge in [0.15, 0.2) is 0 Å². The number of ether oxygens (including phenoxy) is 1. The lowest BCUT2D eigenvalue weighted by Crippen LogP contribution is -2.54. The number of nitrogens with two attached hydrogens (primary N) is 1. The lowest BCUT2D eigenvalue weighted by molar-refractivity contribution is -0.137. The third-order valence-corrected chi connectivity index (χ3v) is 8.69. The lowest BCUT2D eigenvalue weighted by Gasteiger charge is -2.29. The maximum absolute atomic E-state index is 13.4. The van der Waals surface area contributed by atoms with Crippen molar-refractivity contribution in [3.05, 3.63) is 42.0 Å². The van der Waals surface area contributed by atoms with E-state index in [4.69, 9.17) is 10.5 Å². The van der Waals surface area contributed by atoms with Crippen molar-refractivity contribution >= 4 is 47.3 Å². The van der Waals surface area contributed by atoms with Gasteiger partial charge >= 0.3 is 12.1 Å². The topological polar surface area (TPSA) is 221 Å². The van der Waals surface area contributed by atoms with Crippen molar-refractivity contribution in [3.63, 3.8) is 0 Å². The van der Waals surface area contributed by atoms with E-state index in [-0.39, 0.29) is 62.2 Å². The number of nitrogens with zero attached hydrogens (tertiary/aromatic N) is 2. The molecule has 280 valence electrons. The maximum Gasteiger partial charge on any atom is 0.407 e. The van der Waals surface area contributed by atoms with E-state index in [1.165, 1.54) is 12.2 Å². The summed E-state index contributed by atoms with van der Waals surface area (Å²) in [6, 6.07) is 4.22. The fourth-order valence-electron chi connectivity index (χ4n) is 5.64. The van der Waals surface area contributed by atoms with E-state index in [2.05, 4.69) is 31.5 Å². The number of urea groups is 1. The summed E-state index contributed by atoms with van der Waals surface area (Å²) < 4.78 is 5.37. The Kier molecular flexibility index (Phi) is 16.4. The zero-order valence-corrected chi connectivity index (χ0v) is 29.7. The van der Waals surface area contributed by atoms with E-state index in [1.54, 1.807) is 38.1 Å². The Balaban J connectivity index is 1.50. The van der Waals surface area contributed by atoms with Crippen LogP contribution in [0.25, 0.3) is 0 Å². The molecule has 16 nitrogen and oxygen atoms in total. The smallest absolute Gasteiger partial charge is 0.407 e. The number of imide groups is 1. The van der Waals surface area contributed by atoms with Crippen LogP contribution >= 0.6 is 0 Å². The number of hydrogen-bond donors (Lipinski definition) is 6. The zero-order valence-electron chi connectivity index (χ0n) is 29.7. The van der Waals surface area contributed by atoms with Crippen LogP contribution in [0.15, 0.2) is 36.4 Å². The van der Waals surface area contributed by atoms with E-state index in [0.29, 0.717) is 31.4 Å². The van der Waals surface area contributed by atoms with Crippen molar-refractivity contribution in [2.24, 2.45) is 11.7 Å². The largest absolute Gasteiger partial charge is 0.445 e. The van der Waals surface area contributed by atoms with Gasteiger partial charge in [0.05, 0.1) is 0 Å². The number of unbranched alkanes of at least 4 members (excludes halogenated alkanes) is 2. The fourth-order valence-corrected chi connectivity index (χ4v) is 5.64. The molecule has 0 radical (unpaired) electrons. The van der Waals surface area contributed by atoms with Crippen LogP contribution in [0.2, 0.25) is 0 Å². The summed E-state index contributed by atoms with van der Waals surface area (Å²) in [6.45, 7) is 5.90. The number of nitrogens with one attached hydrogen (secondary N) is 5. The highest BCUT2D eigenvalue weighted by molar-refractivity contribution is 6.12. The quantitative estimate of drug-likeness (QED) is 0.0903. The maximum atomic E-state index is 13.4. The monoisotopic (exact) mass is 712 g/mol. The number of piperidine rings is 1. The van der Waals surface area contributed by atoms with E-state index in [1.807, 2.05) is 7.05 Å². The summed E-state index contributed by atoms with van der Waals surface area (Å²) in [5.74, 6) is -2.36. The van der Waals surface area contributed by atoms with Crippen molar-refractivity contribution in [1.82, 2.24) is 31.1 Å². The molecule has 51 heavy (non-hydrogen) atoms. The molecule has 3 rings (SSSR count). The molecule has 7 N–H and O–H groups in total. The van der Waals surface area contributed by atoms with Gasteiger partial charge in [-0.2, -0.15) is 0 Å². The van der Waals surface area contributed by atoms with Gasteiger partial charge in [0.25, 0.3) is 11.8 Å². The van der Waals surface area contributed by atoms with Gasteiger partial charge in [-0.05, 0) is 82.3 Å². The van der Waals surface area contributed by atoms with Crippen LogP contribution in [0.1, 0.15) is 70.8 Å². The van der Waals surface area contributed by atoms with Gasteiger partial charge in [-0.3, -0.25) is 28.9 Å². The first-order chi connectivity index (χ1) is 24.3. The molecule has 1 aromatic carbocycles. The first-order valence-electron chi connectivity index (χ1n) is 17.5. The molecule has 0 spiro atoms. The van der Waals surface area contributed by atoms with Crippen molar-refractivity contribution in [3.8, 4) is 0 Å². The molecular weight excluding hydrogens is 660 g/mol. The van der Waals surface area contributed by atoms with Crippen LogP contribution in [-0.2, 0) is 35.3 Å². The molecule has 1 fully saturated rings. The number of primary amides is 1. The van der Waals surface area contributed by atoms with Crippen molar-refractivity contribution < 1.29 is 38.3 Å². The fraction of sp³-hybridized carbons (Fsp3) is 0.571. The second kappa shape index (κ2) is 20.6. The Morgan fingerprint density at radius 2 is 1.57 bits per heavy atom. The third kappa shape index (κ3) is 14.4. The molecule has 16 heteroatoms. The summed E-state index contributed by atoms with van der Waals surface area (Å²) in [6.07, 6.45) is 6.01. The van der Waals surface area contributed by atoms with E-state index in [0.717, 1.165) is 36.4 Å². The highest BCUT2D eigenvalue weighted by atomic mass is 16.5. The van der Waals surface area contributed by atoms with Gasteiger partial charge in [0.1, 0.15) is 18.7 Å². The summed E-state index contributed by atoms with van der Waals surface area (Å²) in [5.41, 5.74) is 6.33. The van der Waals surface area contributed by atoms with Gasteiger partial charge in [-0.1, -0.05) is 32.4 Å². The molecule has 0 unspecified atom stereocenters. The van der Waals surface area contributed by atoms with Crippen molar-refractivity contribution in [1.29, 1.82) is 0 Å². The van der Waals surface area contributed by atoms with Gasteiger partial charge in [-0.25, -0.2) is 9.59 Å². The highest BCUT2D eigenvalue weighted by Gasteiger charge is 2.29. The van der Waals surface area contributed by atoms with Crippen LogP contribution < -0.4 is 32.3 Å². The van der Waals surface area contributed by atoms with Crippen LogP contribution in [0, 0.1) is 5.92 Å². The van der Waals surface area contributed by atoms with Gasteiger partial charge < -0.3 is 42.0 Å². The molecule has 2 aliphatic heterocycles. The van der Waals surface area contributed by atoms with Crippen LogP contribution in [-0.4, -0.2) is 103 Å². The van der Waals surface area contributed by atoms with Gasteiger partial charge in [-0.15, -0.1) is 0 Å². The van der Waals surface area contributed by atoms with E-state index >= 15 is 0 Å². The third-order valence-electron chi connectivity index (χ3n) is 8.69. The molecule has 0 aliphatic carbocycles.